The second-order valence-electron chi connectivity index (χ2n) is 5.88. The topological polar surface area (TPSA) is 71.0 Å². The summed E-state index contributed by atoms with van der Waals surface area (Å²) in [6.07, 6.45) is 1.06. The Morgan fingerprint density at radius 2 is 2.17 bits per heavy atom. The second kappa shape index (κ2) is 8.30. The van der Waals surface area contributed by atoms with Gasteiger partial charge in [-0.2, -0.15) is 0 Å². The molecule has 0 radical (unpaired) electrons. The molecule has 6 nitrogen and oxygen atoms in total. The van der Waals surface area contributed by atoms with Gasteiger partial charge in [-0.1, -0.05) is 12.1 Å². The SMILES string of the molecule is COc1cccc(CN2CCC[C@@](O)(CNCCF)C2=O)c1OC. The average molecular weight is 340 g/mol. The number of hydrogen-bond acceptors (Lipinski definition) is 5. The van der Waals surface area contributed by atoms with E-state index in [1.54, 1.807) is 25.2 Å². The zero-order valence-electron chi connectivity index (χ0n) is 14.2. The highest BCUT2D eigenvalue weighted by Gasteiger charge is 2.41. The molecule has 2 N–H and O–H groups in total. The monoisotopic (exact) mass is 340 g/mol. The number of aliphatic hydroxyl groups is 1. The molecule has 2 rings (SSSR count). The quantitative estimate of drug-likeness (QED) is 0.694. The molecule has 1 aliphatic heterocycles. The maximum absolute atomic E-state index is 12.7. The van der Waals surface area contributed by atoms with Gasteiger partial charge in [0, 0.05) is 31.7 Å². The van der Waals surface area contributed by atoms with Crippen LogP contribution in [0.3, 0.4) is 0 Å². The van der Waals surface area contributed by atoms with Gasteiger partial charge < -0.3 is 24.8 Å². The summed E-state index contributed by atoms with van der Waals surface area (Å²) in [7, 11) is 3.11. The summed E-state index contributed by atoms with van der Waals surface area (Å²) in [5, 5.41) is 13.4. The van der Waals surface area contributed by atoms with Gasteiger partial charge in [0.05, 0.1) is 14.2 Å². The summed E-state index contributed by atoms with van der Waals surface area (Å²) in [5.41, 5.74) is -0.675. The van der Waals surface area contributed by atoms with Crippen LogP contribution in [0.5, 0.6) is 11.5 Å². The normalized spacial score (nSPS) is 21.0. The van der Waals surface area contributed by atoms with Gasteiger partial charge in [-0.05, 0) is 18.9 Å². The molecule has 7 heteroatoms. The fraction of sp³-hybridized carbons (Fsp3) is 0.588. The number of halogens is 1. The van der Waals surface area contributed by atoms with Crippen molar-refractivity contribution in [2.24, 2.45) is 0 Å². The minimum atomic E-state index is -1.49. The van der Waals surface area contributed by atoms with Crippen molar-refractivity contribution < 1.29 is 23.8 Å². The first-order valence-corrected chi connectivity index (χ1v) is 8.04. The molecule has 1 atom stereocenters. The molecule has 0 bridgehead atoms. The average Bonchev–Trinajstić information content (AvgIpc) is 2.59. The fourth-order valence-corrected chi connectivity index (χ4v) is 3.03. The van der Waals surface area contributed by atoms with Gasteiger partial charge in [0.15, 0.2) is 17.1 Å². The molecule has 1 saturated heterocycles. The number of methoxy groups -OCH3 is 2. The highest BCUT2D eigenvalue weighted by Crippen LogP contribution is 2.33. The molecule has 0 spiro atoms. The number of nitrogens with zero attached hydrogens (tertiary/aromatic N) is 1. The van der Waals surface area contributed by atoms with Gasteiger partial charge >= 0.3 is 0 Å². The molecule has 0 unspecified atom stereocenters. The molecule has 1 amide bonds. The highest BCUT2D eigenvalue weighted by molar-refractivity contribution is 5.86. The molecule has 1 heterocycles. The lowest BCUT2D eigenvalue weighted by Crippen LogP contribution is -2.57. The first-order chi connectivity index (χ1) is 11.6. The van der Waals surface area contributed by atoms with Crippen LogP contribution in [0.15, 0.2) is 18.2 Å². The van der Waals surface area contributed by atoms with E-state index in [0.717, 1.165) is 5.56 Å². The van der Waals surface area contributed by atoms with Crippen LogP contribution in [0.4, 0.5) is 4.39 Å². The molecule has 0 saturated carbocycles. The molecule has 134 valence electrons. The number of likely N-dealkylation sites (tertiary alicyclic amines) is 1. The number of alkyl halides is 1. The number of hydrogen-bond donors (Lipinski definition) is 2. The van der Waals surface area contributed by atoms with Crippen LogP contribution in [0.25, 0.3) is 0 Å². The number of rotatable bonds is 8. The number of ether oxygens (including phenoxy) is 2. The Kier molecular flexibility index (Phi) is 6.39. The van der Waals surface area contributed by atoms with Crippen LogP contribution in [-0.4, -0.2) is 62.0 Å². The van der Waals surface area contributed by atoms with E-state index >= 15 is 0 Å². The number of piperidine rings is 1. The number of benzene rings is 1. The van der Waals surface area contributed by atoms with E-state index in [9.17, 15) is 14.3 Å². The van der Waals surface area contributed by atoms with Crippen LogP contribution in [0, 0.1) is 0 Å². The van der Waals surface area contributed by atoms with E-state index < -0.39 is 12.3 Å². The number of nitrogens with one attached hydrogen (secondary N) is 1. The second-order valence-corrected chi connectivity index (χ2v) is 5.88. The third kappa shape index (κ3) is 3.96. The zero-order chi connectivity index (χ0) is 17.6. The summed E-state index contributed by atoms with van der Waals surface area (Å²) < 4.78 is 22.9. The summed E-state index contributed by atoms with van der Waals surface area (Å²) in [5.74, 6) is 0.835. The Balaban J connectivity index is 2.13. The molecule has 1 aromatic rings. The standard InChI is InChI=1S/C17H25FN2O4/c1-23-14-6-3-5-13(15(14)24-2)11-20-10-4-7-17(22,16(20)21)12-19-9-8-18/h3,5-6,19,22H,4,7-12H2,1-2H3/t17-/m1/s1. The van der Waals surface area contributed by atoms with E-state index in [1.807, 2.05) is 12.1 Å². The smallest absolute Gasteiger partial charge is 0.256 e. The van der Waals surface area contributed by atoms with Crippen molar-refractivity contribution in [2.75, 3.05) is 40.5 Å². The fourth-order valence-electron chi connectivity index (χ4n) is 3.03. The van der Waals surface area contributed by atoms with Gasteiger partial charge in [0.25, 0.3) is 5.91 Å². The van der Waals surface area contributed by atoms with Gasteiger partial charge in [0.2, 0.25) is 0 Å². The Morgan fingerprint density at radius 3 is 2.83 bits per heavy atom. The minimum Gasteiger partial charge on any atom is -0.493 e. The number of carbonyl (C=O) groups excluding carboxylic acids is 1. The Morgan fingerprint density at radius 1 is 1.38 bits per heavy atom. The molecule has 1 aromatic carbocycles. The van der Waals surface area contributed by atoms with E-state index in [1.165, 1.54) is 0 Å². The molecule has 1 aliphatic rings. The summed E-state index contributed by atoms with van der Waals surface area (Å²) in [4.78, 5) is 14.3. The third-order valence-electron chi connectivity index (χ3n) is 4.24. The van der Waals surface area contributed by atoms with Crippen molar-refractivity contribution in [3.63, 3.8) is 0 Å². The van der Waals surface area contributed by atoms with Crippen LogP contribution in [0.1, 0.15) is 18.4 Å². The molecule has 1 fully saturated rings. The Labute approximate surface area is 141 Å². The largest absolute Gasteiger partial charge is 0.493 e. The van der Waals surface area contributed by atoms with E-state index in [4.69, 9.17) is 9.47 Å². The third-order valence-corrected chi connectivity index (χ3v) is 4.24. The summed E-state index contributed by atoms with van der Waals surface area (Å²) in [6, 6.07) is 5.49. The molecule has 0 aliphatic carbocycles. The van der Waals surface area contributed by atoms with Crippen molar-refractivity contribution in [3.05, 3.63) is 23.8 Å². The van der Waals surface area contributed by atoms with Crippen molar-refractivity contribution >= 4 is 5.91 Å². The lowest BCUT2D eigenvalue weighted by Gasteiger charge is -2.38. The predicted molar refractivity (Wildman–Crippen MR) is 88.0 cm³/mol. The molecule has 0 aromatic heterocycles. The summed E-state index contributed by atoms with van der Waals surface area (Å²) >= 11 is 0. The van der Waals surface area contributed by atoms with Gasteiger partial charge in [-0.3, -0.25) is 4.79 Å². The van der Waals surface area contributed by atoms with Crippen LogP contribution >= 0.6 is 0 Å². The number of amides is 1. The van der Waals surface area contributed by atoms with Gasteiger partial charge in [-0.15, -0.1) is 0 Å². The van der Waals surface area contributed by atoms with Crippen LogP contribution < -0.4 is 14.8 Å². The lowest BCUT2D eigenvalue weighted by atomic mass is 9.91. The first-order valence-electron chi connectivity index (χ1n) is 8.04. The summed E-state index contributed by atoms with van der Waals surface area (Å²) in [6.45, 7) is 0.533. The number of para-hydroxylation sites is 1. The number of carbonyl (C=O) groups is 1. The van der Waals surface area contributed by atoms with Crippen molar-refractivity contribution in [1.29, 1.82) is 0 Å². The van der Waals surface area contributed by atoms with Gasteiger partial charge in [-0.25, -0.2) is 4.39 Å². The minimum absolute atomic E-state index is 0.0570. The van der Waals surface area contributed by atoms with Gasteiger partial charge in [0.1, 0.15) is 6.67 Å². The molecule has 24 heavy (non-hydrogen) atoms. The first kappa shape index (κ1) is 18.5. The van der Waals surface area contributed by atoms with Crippen molar-refractivity contribution in [1.82, 2.24) is 10.2 Å². The van der Waals surface area contributed by atoms with E-state index in [-0.39, 0.29) is 19.0 Å². The Bertz CT molecular complexity index is 570. The van der Waals surface area contributed by atoms with Crippen LogP contribution in [-0.2, 0) is 11.3 Å². The highest BCUT2D eigenvalue weighted by atomic mass is 19.1. The lowest BCUT2D eigenvalue weighted by molar-refractivity contribution is -0.157. The maximum atomic E-state index is 12.7. The maximum Gasteiger partial charge on any atom is 0.256 e. The Hall–Kier alpha value is -1.86. The van der Waals surface area contributed by atoms with Crippen molar-refractivity contribution in [2.45, 2.75) is 25.0 Å². The molecular weight excluding hydrogens is 315 g/mol. The predicted octanol–water partition coefficient (Wildman–Crippen LogP) is 1.12. The van der Waals surface area contributed by atoms with E-state index in [2.05, 4.69) is 5.32 Å². The van der Waals surface area contributed by atoms with Crippen LogP contribution in [0.2, 0.25) is 0 Å². The van der Waals surface area contributed by atoms with Crippen molar-refractivity contribution in [3.8, 4) is 11.5 Å². The van der Waals surface area contributed by atoms with E-state index in [0.29, 0.717) is 37.4 Å². The zero-order valence-corrected chi connectivity index (χ0v) is 14.2. The molecular formula is C17H25FN2O4.